The van der Waals surface area contributed by atoms with Gasteiger partial charge in [-0.3, -0.25) is 4.79 Å². The molecule has 1 aromatic rings. The second-order valence-corrected chi connectivity index (χ2v) is 4.67. The van der Waals surface area contributed by atoms with Crippen molar-refractivity contribution in [3.05, 3.63) is 35.4 Å². The van der Waals surface area contributed by atoms with Crippen molar-refractivity contribution in [2.45, 2.75) is 25.0 Å². The number of β-amino-alcohol motifs (C(OH)–C–C–N with tert-alkyl or cyclic N) is 1. The highest BCUT2D eigenvalue weighted by Gasteiger charge is 2.27. The Bertz CT molecular complexity index is 448. The zero-order valence-corrected chi connectivity index (χ0v) is 10.3. The standard InChI is InChI=1S/C13H16F2N2O2/c14-9-3-8(4-10(15)5-9)1-2-16-13(19)12-6-11(18)7-17-12/h3-5,11-12,17-18H,1-2,6-7H2,(H,16,19). The van der Waals surface area contributed by atoms with Crippen molar-refractivity contribution in [2.75, 3.05) is 13.1 Å². The number of aliphatic hydroxyl groups excluding tert-OH is 1. The average Bonchev–Trinajstić information content (AvgIpc) is 2.74. The lowest BCUT2D eigenvalue weighted by Crippen LogP contribution is -2.41. The second kappa shape index (κ2) is 6.08. The Labute approximate surface area is 109 Å². The van der Waals surface area contributed by atoms with E-state index in [4.69, 9.17) is 0 Å². The summed E-state index contributed by atoms with van der Waals surface area (Å²) in [7, 11) is 0. The van der Waals surface area contributed by atoms with Gasteiger partial charge in [0.05, 0.1) is 12.1 Å². The third-order valence-corrected chi connectivity index (χ3v) is 3.06. The van der Waals surface area contributed by atoms with E-state index in [2.05, 4.69) is 10.6 Å². The topological polar surface area (TPSA) is 61.4 Å². The van der Waals surface area contributed by atoms with Gasteiger partial charge in [0.1, 0.15) is 11.6 Å². The number of rotatable bonds is 4. The van der Waals surface area contributed by atoms with Crippen LogP contribution >= 0.6 is 0 Å². The molecular weight excluding hydrogens is 254 g/mol. The highest BCUT2D eigenvalue weighted by atomic mass is 19.1. The molecule has 1 aliphatic rings. The molecule has 0 aliphatic carbocycles. The molecule has 2 atom stereocenters. The fraction of sp³-hybridized carbons (Fsp3) is 0.462. The smallest absolute Gasteiger partial charge is 0.237 e. The molecule has 0 saturated carbocycles. The number of nitrogens with one attached hydrogen (secondary N) is 2. The molecular formula is C13H16F2N2O2. The van der Waals surface area contributed by atoms with Crippen LogP contribution in [0, 0.1) is 11.6 Å². The second-order valence-electron chi connectivity index (χ2n) is 4.67. The van der Waals surface area contributed by atoms with Crippen LogP contribution in [-0.2, 0) is 11.2 Å². The number of carbonyl (C=O) groups is 1. The predicted molar refractivity (Wildman–Crippen MR) is 65.5 cm³/mol. The first kappa shape index (κ1) is 13.9. The van der Waals surface area contributed by atoms with Crippen LogP contribution in [0.1, 0.15) is 12.0 Å². The number of amides is 1. The van der Waals surface area contributed by atoms with Gasteiger partial charge in [-0.1, -0.05) is 0 Å². The molecule has 1 fully saturated rings. The quantitative estimate of drug-likeness (QED) is 0.739. The number of hydrogen-bond acceptors (Lipinski definition) is 3. The van der Waals surface area contributed by atoms with Gasteiger partial charge in [-0.05, 0) is 30.5 Å². The van der Waals surface area contributed by atoms with Gasteiger partial charge in [-0.15, -0.1) is 0 Å². The van der Waals surface area contributed by atoms with Crippen LogP contribution in [-0.4, -0.2) is 36.2 Å². The van der Waals surface area contributed by atoms with Crippen LogP contribution in [0.5, 0.6) is 0 Å². The Kier molecular flexibility index (Phi) is 4.44. The van der Waals surface area contributed by atoms with Crippen LogP contribution in [0.25, 0.3) is 0 Å². The van der Waals surface area contributed by atoms with Gasteiger partial charge in [0.15, 0.2) is 0 Å². The molecule has 2 rings (SSSR count). The molecule has 1 aromatic carbocycles. The molecule has 2 unspecified atom stereocenters. The van der Waals surface area contributed by atoms with Gasteiger partial charge in [-0.25, -0.2) is 8.78 Å². The minimum absolute atomic E-state index is 0.201. The summed E-state index contributed by atoms with van der Waals surface area (Å²) in [6, 6.07) is 2.91. The van der Waals surface area contributed by atoms with E-state index in [1.807, 2.05) is 0 Å². The number of carbonyl (C=O) groups excluding carboxylic acids is 1. The van der Waals surface area contributed by atoms with Crippen LogP contribution in [0.2, 0.25) is 0 Å². The first-order chi connectivity index (χ1) is 9.04. The van der Waals surface area contributed by atoms with Crippen molar-refractivity contribution < 1.29 is 18.7 Å². The lowest BCUT2D eigenvalue weighted by molar-refractivity contribution is -0.122. The summed E-state index contributed by atoms with van der Waals surface area (Å²) in [5.41, 5.74) is 0.497. The van der Waals surface area contributed by atoms with Crippen molar-refractivity contribution in [3.63, 3.8) is 0 Å². The normalized spacial score (nSPS) is 22.5. The minimum atomic E-state index is -0.623. The summed E-state index contributed by atoms with van der Waals surface area (Å²) in [6.45, 7) is 0.712. The SMILES string of the molecule is O=C(NCCc1cc(F)cc(F)c1)C1CC(O)CN1. The Balaban J connectivity index is 1.78. The molecule has 6 heteroatoms. The van der Waals surface area contributed by atoms with Crippen molar-refractivity contribution >= 4 is 5.91 Å². The maximum absolute atomic E-state index is 12.9. The van der Waals surface area contributed by atoms with Crippen molar-refractivity contribution in [1.29, 1.82) is 0 Å². The first-order valence-electron chi connectivity index (χ1n) is 6.19. The zero-order chi connectivity index (χ0) is 13.8. The van der Waals surface area contributed by atoms with Crippen molar-refractivity contribution in [2.24, 2.45) is 0 Å². The fourth-order valence-electron chi connectivity index (χ4n) is 2.13. The van der Waals surface area contributed by atoms with Crippen LogP contribution in [0.15, 0.2) is 18.2 Å². The number of aliphatic hydroxyl groups is 1. The third-order valence-electron chi connectivity index (χ3n) is 3.06. The molecule has 0 bridgehead atoms. The summed E-state index contributed by atoms with van der Waals surface area (Å²) in [4.78, 5) is 11.7. The van der Waals surface area contributed by atoms with Crippen molar-refractivity contribution in [3.8, 4) is 0 Å². The number of halogens is 2. The summed E-state index contributed by atoms with van der Waals surface area (Å²) >= 11 is 0. The largest absolute Gasteiger partial charge is 0.392 e. The monoisotopic (exact) mass is 270 g/mol. The Morgan fingerprint density at radius 3 is 2.63 bits per heavy atom. The van der Waals surface area contributed by atoms with Crippen molar-refractivity contribution in [1.82, 2.24) is 10.6 Å². The van der Waals surface area contributed by atoms with Gasteiger partial charge in [-0.2, -0.15) is 0 Å². The fourth-order valence-corrected chi connectivity index (χ4v) is 2.13. The van der Waals surface area contributed by atoms with E-state index in [1.165, 1.54) is 12.1 Å². The van der Waals surface area contributed by atoms with Gasteiger partial charge >= 0.3 is 0 Å². The Morgan fingerprint density at radius 1 is 1.37 bits per heavy atom. The third kappa shape index (κ3) is 3.97. The van der Waals surface area contributed by atoms with Gasteiger partial charge in [0.25, 0.3) is 0 Å². The van der Waals surface area contributed by atoms with Gasteiger partial charge < -0.3 is 15.7 Å². The molecule has 0 spiro atoms. The van der Waals surface area contributed by atoms with E-state index < -0.39 is 17.7 Å². The van der Waals surface area contributed by atoms with E-state index >= 15 is 0 Å². The summed E-state index contributed by atoms with van der Waals surface area (Å²) in [5.74, 6) is -1.45. The molecule has 1 heterocycles. The van der Waals surface area contributed by atoms with Crippen LogP contribution in [0.3, 0.4) is 0 Å². The highest BCUT2D eigenvalue weighted by molar-refractivity contribution is 5.82. The van der Waals surface area contributed by atoms with Crippen LogP contribution < -0.4 is 10.6 Å². The molecule has 19 heavy (non-hydrogen) atoms. The van der Waals surface area contributed by atoms with E-state index in [1.54, 1.807) is 0 Å². The average molecular weight is 270 g/mol. The predicted octanol–water partition coefficient (Wildman–Crippen LogP) is 0.346. The molecule has 0 radical (unpaired) electrons. The number of benzene rings is 1. The minimum Gasteiger partial charge on any atom is -0.392 e. The summed E-state index contributed by atoms with van der Waals surface area (Å²) in [6.07, 6.45) is 0.254. The molecule has 4 nitrogen and oxygen atoms in total. The molecule has 0 aromatic heterocycles. The van der Waals surface area contributed by atoms with E-state index in [0.717, 1.165) is 6.07 Å². The summed E-state index contributed by atoms with van der Waals surface area (Å²) in [5, 5.41) is 14.9. The summed E-state index contributed by atoms with van der Waals surface area (Å²) < 4.78 is 25.9. The van der Waals surface area contributed by atoms with Gasteiger partial charge in [0, 0.05) is 19.2 Å². The van der Waals surface area contributed by atoms with E-state index in [9.17, 15) is 18.7 Å². The zero-order valence-electron chi connectivity index (χ0n) is 10.3. The van der Waals surface area contributed by atoms with Gasteiger partial charge in [0.2, 0.25) is 5.91 Å². The maximum atomic E-state index is 12.9. The lowest BCUT2D eigenvalue weighted by atomic mass is 10.1. The maximum Gasteiger partial charge on any atom is 0.237 e. The van der Waals surface area contributed by atoms with Crippen LogP contribution in [0.4, 0.5) is 8.78 Å². The Hall–Kier alpha value is -1.53. The lowest BCUT2D eigenvalue weighted by Gasteiger charge is -2.11. The number of hydrogen-bond donors (Lipinski definition) is 3. The molecule has 1 aliphatic heterocycles. The molecule has 104 valence electrons. The Morgan fingerprint density at radius 2 is 2.05 bits per heavy atom. The van der Waals surface area contributed by atoms with E-state index in [-0.39, 0.29) is 11.9 Å². The first-order valence-corrected chi connectivity index (χ1v) is 6.19. The molecule has 1 amide bonds. The highest BCUT2D eigenvalue weighted by Crippen LogP contribution is 2.09. The molecule has 3 N–H and O–H groups in total. The molecule has 1 saturated heterocycles. The van der Waals surface area contributed by atoms with E-state index in [0.29, 0.717) is 31.5 Å².